The Morgan fingerprint density at radius 2 is 0.903 bits per heavy atom. The van der Waals surface area contributed by atoms with Crippen molar-refractivity contribution in [1.29, 1.82) is 0 Å². The van der Waals surface area contributed by atoms with Crippen molar-refractivity contribution >= 4 is 11.8 Å². The van der Waals surface area contributed by atoms with Gasteiger partial charge in [-0.15, -0.1) is 0 Å². The van der Waals surface area contributed by atoms with E-state index in [0.29, 0.717) is 0 Å². The summed E-state index contributed by atoms with van der Waals surface area (Å²) in [6, 6.07) is 35.3. The van der Waals surface area contributed by atoms with Gasteiger partial charge in [-0.3, -0.25) is 0 Å². The average Bonchev–Trinajstić information content (AvgIpc) is 2.82. The van der Waals surface area contributed by atoms with Gasteiger partial charge in [0, 0.05) is 9.79 Å². The Morgan fingerprint density at radius 1 is 0.484 bits per heavy atom. The first kappa shape index (κ1) is 21.5. The van der Waals surface area contributed by atoms with Crippen molar-refractivity contribution in [1.82, 2.24) is 0 Å². The van der Waals surface area contributed by atoms with Gasteiger partial charge in [-0.25, -0.2) is 0 Å². The van der Waals surface area contributed by atoms with Crippen LogP contribution in [0.1, 0.15) is 47.2 Å². The molecular weight excluding hydrogens is 392 g/mol. The second kappa shape index (κ2) is 10.5. The molecule has 0 aliphatic carbocycles. The van der Waals surface area contributed by atoms with Crippen LogP contribution in [0.4, 0.5) is 0 Å². The van der Waals surface area contributed by atoms with Crippen LogP contribution < -0.4 is 0 Å². The van der Waals surface area contributed by atoms with Gasteiger partial charge in [-0.1, -0.05) is 111 Å². The predicted molar refractivity (Wildman–Crippen MR) is 134 cm³/mol. The molecule has 0 saturated heterocycles. The third kappa shape index (κ3) is 5.29. The van der Waals surface area contributed by atoms with Gasteiger partial charge >= 0.3 is 0 Å². The lowest BCUT2D eigenvalue weighted by Crippen LogP contribution is -2.00. The lowest BCUT2D eigenvalue weighted by molar-refractivity contribution is 1.01. The van der Waals surface area contributed by atoms with Crippen LogP contribution in [-0.4, -0.2) is 0 Å². The summed E-state index contributed by atoms with van der Waals surface area (Å²) < 4.78 is 0. The van der Waals surface area contributed by atoms with Crippen LogP contribution in [0.15, 0.2) is 107 Å². The Balaban J connectivity index is 1.72. The highest BCUT2D eigenvalue weighted by atomic mass is 32.2. The van der Waals surface area contributed by atoms with Crippen LogP contribution in [0.3, 0.4) is 0 Å². The third-order valence-electron chi connectivity index (χ3n) is 5.89. The van der Waals surface area contributed by atoms with E-state index in [9.17, 15) is 0 Å². The van der Waals surface area contributed by atoms with E-state index < -0.39 is 0 Å². The fourth-order valence-corrected chi connectivity index (χ4v) is 5.38. The highest BCUT2D eigenvalue weighted by Crippen LogP contribution is 2.37. The number of benzene rings is 4. The fourth-order valence-electron chi connectivity index (χ4n) is 4.20. The smallest absolute Gasteiger partial charge is 0.0160 e. The summed E-state index contributed by atoms with van der Waals surface area (Å²) in [5.74, 6) is 0. The molecule has 1 heteroatoms. The molecule has 4 aromatic rings. The predicted octanol–water partition coefficient (Wildman–Crippen LogP) is 8.14. The molecule has 0 atom stereocenters. The topological polar surface area (TPSA) is 0 Å². The van der Waals surface area contributed by atoms with E-state index >= 15 is 0 Å². The van der Waals surface area contributed by atoms with Crippen molar-refractivity contribution in [2.45, 2.75) is 49.3 Å². The molecule has 0 fully saturated rings. The molecule has 0 heterocycles. The highest BCUT2D eigenvalue weighted by molar-refractivity contribution is 7.99. The average molecular weight is 423 g/mol. The van der Waals surface area contributed by atoms with Gasteiger partial charge in [0.2, 0.25) is 0 Å². The SMILES string of the molecule is CCc1cccc(Sc2cccc(CC)c2Cc2ccccc2)c1Cc1ccccc1. The van der Waals surface area contributed by atoms with Crippen LogP contribution >= 0.6 is 11.8 Å². The van der Waals surface area contributed by atoms with E-state index in [1.807, 2.05) is 11.8 Å². The van der Waals surface area contributed by atoms with E-state index in [1.54, 1.807) is 0 Å². The molecule has 0 aliphatic heterocycles. The van der Waals surface area contributed by atoms with Crippen molar-refractivity contribution in [3.05, 3.63) is 130 Å². The molecule has 4 aromatic carbocycles. The fraction of sp³-hybridized carbons (Fsp3) is 0.200. The molecule has 0 bridgehead atoms. The van der Waals surface area contributed by atoms with Gasteiger partial charge in [-0.05, 0) is 71.2 Å². The molecule has 0 aliphatic rings. The zero-order valence-corrected chi connectivity index (χ0v) is 19.3. The van der Waals surface area contributed by atoms with Gasteiger partial charge in [0.1, 0.15) is 0 Å². The molecule has 0 amide bonds. The molecule has 0 radical (unpaired) electrons. The quantitative estimate of drug-likeness (QED) is 0.276. The standard InChI is InChI=1S/C30H30S/c1-3-25-17-11-19-29(27(25)21-23-13-7-5-8-14-23)31-30-20-12-18-26(4-2)28(30)22-24-15-9-6-10-16-24/h5-20H,3-4,21-22H2,1-2H3. The van der Waals surface area contributed by atoms with Crippen LogP contribution in [0.25, 0.3) is 0 Å². The van der Waals surface area contributed by atoms with Crippen molar-refractivity contribution in [3.63, 3.8) is 0 Å². The lowest BCUT2D eigenvalue weighted by atomic mass is 9.98. The second-order valence-electron chi connectivity index (χ2n) is 7.92. The van der Waals surface area contributed by atoms with Gasteiger partial charge in [0.25, 0.3) is 0 Å². The molecule has 31 heavy (non-hydrogen) atoms. The van der Waals surface area contributed by atoms with Gasteiger partial charge in [0.15, 0.2) is 0 Å². The Labute approximate surface area is 191 Å². The van der Waals surface area contributed by atoms with Crippen molar-refractivity contribution in [3.8, 4) is 0 Å². The summed E-state index contributed by atoms with van der Waals surface area (Å²) in [5.41, 5.74) is 8.58. The third-order valence-corrected chi connectivity index (χ3v) is 7.09. The zero-order chi connectivity index (χ0) is 21.5. The summed E-state index contributed by atoms with van der Waals surface area (Å²) >= 11 is 1.94. The van der Waals surface area contributed by atoms with Crippen LogP contribution in [-0.2, 0) is 25.7 Å². The minimum Gasteiger partial charge on any atom is -0.0895 e. The van der Waals surface area contributed by atoms with Crippen molar-refractivity contribution in [2.75, 3.05) is 0 Å². The normalized spacial score (nSPS) is 10.9. The molecular formula is C30H30S. The van der Waals surface area contributed by atoms with Gasteiger partial charge in [0.05, 0.1) is 0 Å². The molecule has 0 saturated carbocycles. The van der Waals surface area contributed by atoms with Crippen molar-refractivity contribution < 1.29 is 0 Å². The van der Waals surface area contributed by atoms with E-state index in [1.165, 1.54) is 43.2 Å². The summed E-state index contributed by atoms with van der Waals surface area (Å²) in [6.45, 7) is 4.52. The zero-order valence-electron chi connectivity index (χ0n) is 18.5. The number of rotatable bonds is 8. The molecule has 0 N–H and O–H groups in total. The molecule has 0 spiro atoms. The molecule has 0 aromatic heterocycles. The largest absolute Gasteiger partial charge is 0.0895 e. The van der Waals surface area contributed by atoms with Crippen LogP contribution in [0.2, 0.25) is 0 Å². The molecule has 156 valence electrons. The first-order valence-electron chi connectivity index (χ1n) is 11.3. The maximum Gasteiger partial charge on any atom is 0.0160 e. The van der Waals surface area contributed by atoms with Crippen LogP contribution in [0.5, 0.6) is 0 Å². The molecule has 0 unspecified atom stereocenters. The molecule has 0 nitrogen and oxygen atoms in total. The highest BCUT2D eigenvalue weighted by Gasteiger charge is 2.14. The summed E-state index contributed by atoms with van der Waals surface area (Å²) in [6.07, 6.45) is 4.08. The van der Waals surface area contributed by atoms with Crippen molar-refractivity contribution in [2.24, 2.45) is 0 Å². The minimum absolute atomic E-state index is 0.981. The lowest BCUT2D eigenvalue weighted by Gasteiger charge is -2.18. The Bertz CT molecular complexity index is 1020. The maximum atomic E-state index is 2.30. The number of aryl methyl sites for hydroxylation is 2. The summed E-state index contributed by atoms with van der Waals surface area (Å²) in [7, 11) is 0. The summed E-state index contributed by atoms with van der Waals surface area (Å²) in [4.78, 5) is 2.76. The van der Waals surface area contributed by atoms with E-state index in [4.69, 9.17) is 0 Å². The summed E-state index contributed by atoms with van der Waals surface area (Å²) in [5, 5.41) is 0. The maximum absolute atomic E-state index is 2.30. The Hall–Kier alpha value is -2.77. The monoisotopic (exact) mass is 422 g/mol. The van der Waals surface area contributed by atoms with Crippen LogP contribution in [0, 0.1) is 0 Å². The Kier molecular flexibility index (Phi) is 7.27. The Morgan fingerprint density at radius 3 is 1.29 bits per heavy atom. The minimum atomic E-state index is 0.981. The first-order valence-corrected chi connectivity index (χ1v) is 12.1. The second-order valence-corrected chi connectivity index (χ2v) is 9.01. The van der Waals surface area contributed by atoms with Gasteiger partial charge in [-0.2, -0.15) is 0 Å². The first-order chi connectivity index (χ1) is 15.3. The number of hydrogen-bond acceptors (Lipinski definition) is 1. The van der Waals surface area contributed by atoms with E-state index in [2.05, 4.69) is 111 Å². The van der Waals surface area contributed by atoms with E-state index in [0.717, 1.165) is 25.7 Å². The number of hydrogen-bond donors (Lipinski definition) is 0. The molecule has 4 rings (SSSR count). The van der Waals surface area contributed by atoms with E-state index in [-0.39, 0.29) is 0 Å². The van der Waals surface area contributed by atoms with Gasteiger partial charge < -0.3 is 0 Å².